The molecule has 1 atom stereocenters. The number of rotatable bonds is 4. The third-order valence-corrected chi connectivity index (χ3v) is 3.56. The Morgan fingerprint density at radius 1 is 1.39 bits per heavy atom. The molecule has 0 radical (unpaired) electrons. The van der Waals surface area contributed by atoms with Gasteiger partial charge in [0.1, 0.15) is 6.04 Å². The number of hydrogen-bond acceptors (Lipinski definition) is 2. The third-order valence-electron chi connectivity index (χ3n) is 3.56. The Morgan fingerprint density at radius 2 is 2.00 bits per heavy atom. The molecule has 1 aromatic rings. The molecule has 1 aliphatic carbocycles. The SMILES string of the molecule is CN(CC1CCC1)C(=O)C(N)c1ccccc1.Cl. The van der Waals surface area contributed by atoms with Crippen molar-refractivity contribution in [1.82, 2.24) is 4.90 Å². The van der Waals surface area contributed by atoms with Gasteiger partial charge in [-0.2, -0.15) is 0 Å². The van der Waals surface area contributed by atoms with E-state index >= 15 is 0 Å². The molecule has 0 bridgehead atoms. The molecule has 1 amide bonds. The smallest absolute Gasteiger partial charge is 0.243 e. The predicted molar refractivity (Wildman–Crippen MR) is 75.6 cm³/mol. The fourth-order valence-corrected chi connectivity index (χ4v) is 2.19. The van der Waals surface area contributed by atoms with Gasteiger partial charge in [-0.1, -0.05) is 36.8 Å². The van der Waals surface area contributed by atoms with Crippen molar-refractivity contribution in [2.24, 2.45) is 11.7 Å². The van der Waals surface area contributed by atoms with Gasteiger partial charge in [0.05, 0.1) is 0 Å². The summed E-state index contributed by atoms with van der Waals surface area (Å²) in [5, 5.41) is 0. The minimum Gasteiger partial charge on any atom is -0.344 e. The van der Waals surface area contributed by atoms with Gasteiger partial charge in [-0.05, 0) is 24.3 Å². The highest BCUT2D eigenvalue weighted by molar-refractivity contribution is 5.85. The fourth-order valence-electron chi connectivity index (χ4n) is 2.19. The number of nitrogens with zero attached hydrogens (tertiary/aromatic N) is 1. The molecule has 0 aromatic heterocycles. The van der Waals surface area contributed by atoms with Gasteiger partial charge >= 0.3 is 0 Å². The van der Waals surface area contributed by atoms with Crippen molar-refractivity contribution >= 4 is 18.3 Å². The van der Waals surface area contributed by atoms with Gasteiger partial charge in [0, 0.05) is 13.6 Å². The summed E-state index contributed by atoms with van der Waals surface area (Å²) in [4.78, 5) is 13.9. The molecule has 2 N–H and O–H groups in total. The van der Waals surface area contributed by atoms with Gasteiger partial charge in [0.15, 0.2) is 0 Å². The quantitative estimate of drug-likeness (QED) is 0.911. The van der Waals surface area contributed by atoms with Crippen molar-refractivity contribution in [2.75, 3.05) is 13.6 Å². The van der Waals surface area contributed by atoms with E-state index in [1.54, 1.807) is 4.90 Å². The van der Waals surface area contributed by atoms with Crippen LogP contribution in [0.15, 0.2) is 30.3 Å². The summed E-state index contributed by atoms with van der Waals surface area (Å²) in [7, 11) is 1.85. The number of carbonyl (C=O) groups excluding carboxylic acids is 1. The van der Waals surface area contributed by atoms with Gasteiger partial charge in [-0.15, -0.1) is 12.4 Å². The first-order valence-corrected chi connectivity index (χ1v) is 6.24. The highest BCUT2D eigenvalue weighted by atomic mass is 35.5. The topological polar surface area (TPSA) is 46.3 Å². The van der Waals surface area contributed by atoms with Gasteiger partial charge in [-0.25, -0.2) is 0 Å². The van der Waals surface area contributed by atoms with E-state index < -0.39 is 6.04 Å². The van der Waals surface area contributed by atoms with Crippen LogP contribution in [0.4, 0.5) is 0 Å². The van der Waals surface area contributed by atoms with Crippen molar-refractivity contribution in [2.45, 2.75) is 25.3 Å². The van der Waals surface area contributed by atoms with Crippen molar-refractivity contribution in [3.8, 4) is 0 Å². The number of amides is 1. The zero-order chi connectivity index (χ0) is 12.3. The molecule has 2 rings (SSSR count). The predicted octanol–water partition coefficient (Wildman–Crippen LogP) is 2.37. The fraction of sp³-hybridized carbons (Fsp3) is 0.500. The molecule has 100 valence electrons. The number of halogens is 1. The summed E-state index contributed by atoms with van der Waals surface area (Å²) in [6, 6.07) is 9.03. The minimum absolute atomic E-state index is 0. The molecule has 0 spiro atoms. The lowest BCUT2D eigenvalue weighted by Gasteiger charge is -2.31. The van der Waals surface area contributed by atoms with Crippen molar-refractivity contribution < 1.29 is 4.79 Å². The Kier molecular flexibility index (Phi) is 5.63. The standard InChI is InChI=1S/C14H20N2O.ClH/c1-16(10-11-6-5-7-11)14(17)13(15)12-8-3-2-4-9-12;/h2-4,8-9,11,13H,5-7,10,15H2,1H3;1H. The van der Waals surface area contributed by atoms with Crippen LogP contribution in [0.25, 0.3) is 0 Å². The first-order valence-electron chi connectivity index (χ1n) is 6.24. The Bertz CT molecular complexity index is 379. The number of likely N-dealkylation sites (N-methyl/N-ethyl adjacent to an activating group) is 1. The number of hydrogen-bond donors (Lipinski definition) is 1. The Morgan fingerprint density at radius 3 is 2.50 bits per heavy atom. The Labute approximate surface area is 115 Å². The second-order valence-electron chi connectivity index (χ2n) is 4.90. The van der Waals surface area contributed by atoms with Crippen LogP contribution in [-0.4, -0.2) is 24.4 Å². The number of benzene rings is 1. The van der Waals surface area contributed by atoms with Gasteiger partial charge in [0.2, 0.25) is 5.91 Å². The molecule has 1 unspecified atom stereocenters. The summed E-state index contributed by atoms with van der Waals surface area (Å²) >= 11 is 0. The van der Waals surface area contributed by atoms with Crippen LogP contribution >= 0.6 is 12.4 Å². The normalized spacial score (nSPS) is 16.3. The van der Waals surface area contributed by atoms with Gasteiger partial charge in [-0.3, -0.25) is 4.79 Å². The van der Waals surface area contributed by atoms with Crippen LogP contribution in [0.2, 0.25) is 0 Å². The molecule has 1 fully saturated rings. The van der Waals surface area contributed by atoms with E-state index in [9.17, 15) is 4.79 Å². The number of nitrogens with two attached hydrogens (primary N) is 1. The summed E-state index contributed by atoms with van der Waals surface area (Å²) in [5.41, 5.74) is 6.87. The summed E-state index contributed by atoms with van der Waals surface area (Å²) in [6.45, 7) is 0.847. The van der Waals surface area contributed by atoms with E-state index in [0.717, 1.165) is 12.1 Å². The third kappa shape index (κ3) is 3.47. The van der Waals surface area contributed by atoms with Crippen molar-refractivity contribution in [1.29, 1.82) is 0 Å². The van der Waals surface area contributed by atoms with Crippen LogP contribution in [0.5, 0.6) is 0 Å². The molecular formula is C14H21ClN2O. The molecule has 3 nitrogen and oxygen atoms in total. The Hall–Kier alpha value is -1.06. The van der Waals surface area contributed by atoms with Crippen LogP contribution in [0.1, 0.15) is 30.9 Å². The Balaban J connectivity index is 0.00000162. The summed E-state index contributed by atoms with van der Waals surface area (Å²) in [5.74, 6) is 0.704. The lowest BCUT2D eigenvalue weighted by Crippen LogP contribution is -2.39. The maximum atomic E-state index is 12.1. The lowest BCUT2D eigenvalue weighted by molar-refractivity contribution is -0.132. The molecule has 1 aliphatic rings. The highest BCUT2D eigenvalue weighted by Crippen LogP contribution is 2.27. The monoisotopic (exact) mass is 268 g/mol. The van der Waals surface area contributed by atoms with E-state index in [4.69, 9.17) is 5.73 Å². The molecule has 18 heavy (non-hydrogen) atoms. The maximum absolute atomic E-state index is 12.1. The van der Waals surface area contributed by atoms with E-state index in [1.165, 1.54) is 19.3 Å². The van der Waals surface area contributed by atoms with Crippen molar-refractivity contribution in [3.63, 3.8) is 0 Å². The molecule has 0 saturated heterocycles. The summed E-state index contributed by atoms with van der Waals surface area (Å²) in [6.07, 6.45) is 3.80. The van der Waals surface area contributed by atoms with Crippen LogP contribution in [0.3, 0.4) is 0 Å². The molecular weight excluding hydrogens is 248 g/mol. The maximum Gasteiger partial charge on any atom is 0.243 e. The molecule has 0 heterocycles. The van der Waals surface area contributed by atoms with E-state index in [0.29, 0.717) is 5.92 Å². The van der Waals surface area contributed by atoms with E-state index in [2.05, 4.69) is 0 Å². The highest BCUT2D eigenvalue weighted by Gasteiger charge is 2.24. The van der Waals surface area contributed by atoms with Gasteiger partial charge in [0.25, 0.3) is 0 Å². The zero-order valence-corrected chi connectivity index (χ0v) is 11.5. The second kappa shape index (κ2) is 6.76. The largest absolute Gasteiger partial charge is 0.344 e. The number of carbonyl (C=O) groups is 1. The molecule has 1 saturated carbocycles. The van der Waals surface area contributed by atoms with Crippen LogP contribution < -0.4 is 5.73 Å². The van der Waals surface area contributed by atoms with E-state index in [1.807, 2.05) is 37.4 Å². The van der Waals surface area contributed by atoms with Crippen LogP contribution in [-0.2, 0) is 4.79 Å². The van der Waals surface area contributed by atoms with Crippen LogP contribution in [0, 0.1) is 5.92 Å². The summed E-state index contributed by atoms with van der Waals surface area (Å²) < 4.78 is 0. The second-order valence-corrected chi connectivity index (χ2v) is 4.90. The molecule has 4 heteroatoms. The zero-order valence-electron chi connectivity index (χ0n) is 10.7. The van der Waals surface area contributed by atoms with Crippen molar-refractivity contribution in [3.05, 3.63) is 35.9 Å². The average Bonchev–Trinajstić information content (AvgIpc) is 2.32. The van der Waals surface area contributed by atoms with E-state index in [-0.39, 0.29) is 18.3 Å². The first-order chi connectivity index (χ1) is 8.18. The minimum atomic E-state index is -0.527. The molecule has 1 aromatic carbocycles. The van der Waals surface area contributed by atoms with Gasteiger partial charge < -0.3 is 10.6 Å². The lowest BCUT2D eigenvalue weighted by atomic mass is 9.85. The molecule has 0 aliphatic heterocycles. The first kappa shape index (κ1) is 15.0. The average molecular weight is 269 g/mol.